The van der Waals surface area contributed by atoms with Gasteiger partial charge in [-0.15, -0.1) is 5.10 Å². The van der Waals surface area contributed by atoms with Crippen molar-refractivity contribution in [2.75, 3.05) is 6.54 Å². The molecular weight excluding hydrogens is 356 g/mol. The molecule has 1 N–H and O–H groups in total. The minimum atomic E-state index is -0.950. The number of carbonyl (C=O) groups excluding carboxylic acids is 1. The Labute approximate surface area is 153 Å². The number of hydrogen-bond acceptors (Lipinski definition) is 4. The Balaban J connectivity index is 1.71. The summed E-state index contributed by atoms with van der Waals surface area (Å²) in [6, 6.07) is 7.51. The molecule has 3 rings (SSSR count). The van der Waals surface area contributed by atoms with Crippen LogP contribution in [-0.2, 0) is 6.54 Å². The molecular formula is C18H17F2N5O2. The molecule has 0 unspecified atom stereocenters. The number of aromatic nitrogens is 4. The molecule has 0 aliphatic carbocycles. The molecule has 0 spiro atoms. The van der Waals surface area contributed by atoms with Crippen LogP contribution in [0.4, 0.5) is 8.78 Å². The zero-order valence-electron chi connectivity index (χ0n) is 14.7. The number of carbonyl (C=O) groups is 1. The lowest BCUT2D eigenvalue weighted by atomic mass is 10.2. The van der Waals surface area contributed by atoms with Crippen LogP contribution in [0.15, 0.2) is 41.2 Å². The Hall–Kier alpha value is -3.36. The van der Waals surface area contributed by atoms with E-state index in [2.05, 4.69) is 15.5 Å². The highest BCUT2D eigenvalue weighted by atomic mass is 19.1. The van der Waals surface area contributed by atoms with Crippen molar-refractivity contribution in [3.8, 4) is 5.82 Å². The van der Waals surface area contributed by atoms with Gasteiger partial charge in [0.2, 0.25) is 0 Å². The van der Waals surface area contributed by atoms with Crippen LogP contribution in [0.2, 0.25) is 0 Å². The van der Waals surface area contributed by atoms with Gasteiger partial charge in [0.25, 0.3) is 11.5 Å². The molecule has 1 amide bonds. The summed E-state index contributed by atoms with van der Waals surface area (Å²) in [5, 5.41) is 11.0. The summed E-state index contributed by atoms with van der Waals surface area (Å²) in [7, 11) is 0. The van der Waals surface area contributed by atoms with E-state index in [0.717, 1.165) is 23.5 Å². The van der Waals surface area contributed by atoms with Crippen molar-refractivity contribution in [2.24, 2.45) is 0 Å². The summed E-state index contributed by atoms with van der Waals surface area (Å²) < 4.78 is 29.3. The van der Waals surface area contributed by atoms with Gasteiger partial charge < -0.3 is 5.32 Å². The lowest BCUT2D eigenvalue weighted by Gasteiger charge is -2.09. The Morgan fingerprint density at radius 2 is 1.89 bits per heavy atom. The topological polar surface area (TPSA) is 81.8 Å². The quantitative estimate of drug-likeness (QED) is 0.739. The largest absolute Gasteiger partial charge is 0.350 e. The summed E-state index contributed by atoms with van der Waals surface area (Å²) in [6.07, 6.45) is 0. The molecule has 1 aromatic carbocycles. The zero-order chi connectivity index (χ0) is 19.6. The van der Waals surface area contributed by atoms with Gasteiger partial charge in [-0.05, 0) is 38.1 Å². The number of benzene rings is 1. The van der Waals surface area contributed by atoms with Crippen molar-refractivity contribution in [2.45, 2.75) is 20.4 Å². The van der Waals surface area contributed by atoms with Gasteiger partial charge in [0.1, 0.15) is 11.6 Å². The minimum Gasteiger partial charge on any atom is -0.350 e. The van der Waals surface area contributed by atoms with Crippen molar-refractivity contribution in [1.29, 1.82) is 0 Å². The molecule has 27 heavy (non-hydrogen) atoms. The fourth-order valence-corrected chi connectivity index (χ4v) is 2.62. The number of hydrogen-bond donors (Lipinski definition) is 1. The molecule has 0 aliphatic rings. The number of aryl methyl sites for hydroxylation is 2. The van der Waals surface area contributed by atoms with Gasteiger partial charge in [0.05, 0.1) is 17.8 Å². The van der Waals surface area contributed by atoms with Crippen molar-refractivity contribution in [1.82, 2.24) is 24.9 Å². The lowest BCUT2D eigenvalue weighted by molar-refractivity contribution is 0.0947. The Morgan fingerprint density at radius 3 is 2.56 bits per heavy atom. The first kappa shape index (κ1) is 18.4. The molecule has 7 nitrogen and oxygen atoms in total. The molecule has 2 heterocycles. The van der Waals surface area contributed by atoms with Gasteiger partial charge in [0.15, 0.2) is 5.82 Å². The third-order valence-electron chi connectivity index (χ3n) is 3.86. The molecule has 0 atom stereocenters. The summed E-state index contributed by atoms with van der Waals surface area (Å²) >= 11 is 0. The van der Waals surface area contributed by atoms with Gasteiger partial charge in [-0.1, -0.05) is 0 Å². The van der Waals surface area contributed by atoms with E-state index >= 15 is 0 Å². The third kappa shape index (κ3) is 4.08. The summed E-state index contributed by atoms with van der Waals surface area (Å²) in [5.41, 5.74) is 1.07. The first-order chi connectivity index (χ1) is 12.8. The molecule has 0 fully saturated rings. The van der Waals surface area contributed by atoms with E-state index in [1.54, 1.807) is 10.7 Å². The normalized spacial score (nSPS) is 10.8. The Morgan fingerprint density at radius 1 is 1.11 bits per heavy atom. The highest BCUT2D eigenvalue weighted by Crippen LogP contribution is 2.09. The van der Waals surface area contributed by atoms with Gasteiger partial charge in [0, 0.05) is 24.4 Å². The van der Waals surface area contributed by atoms with Gasteiger partial charge in [-0.2, -0.15) is 5.10 Å². The monoisotopic (exact) mass is 373 g/mol. The average Bonchev–Trinajstić information content (AvgIpc) is 2.94. The maximum Gasteiger partial charge on any atom is 0.266 e. The van der Waals surface area contributed by atoms with Crippen LogP contribution < -0.4 is 10.9 Å². The molecule has 2 aromatic heterocycles. The van der Waals surface area contributed by atoms with E-state index in [0.29, 0.717) is 11.9 Å². The van der Waals surface area contributed by atoms with E-state index in [4.69, 9.17) is 0 Å². The third-order valence-corrected chi connectivity index (χ3v) is 3.86. The van der Waals surface area contributed by atoms with Crippen LogP contribution in [0.25, 0.3) is 5.82 Å². The van der Waals surface area contributed by atoms with Gasteiger partial charge >= 0.3 is 0 Å². The van der Waals surface area contributed by atoms with Crippen LogP contribution >= 0.6 is 0 Å². The maximum atomic E-state index is 13.6. The van der Waals surface area contributed by atoms with Crippen molar-refractivity contribution < 1.29 is 13.6 Å². The lowest BCUT2D eigenvalue weighted by Crippen LogP contribution is -2.32. The SMILES string of the molecule is Cc1cc(C)n(-c2ccc(=O)n(CCNC(=O)c3ccc(F)cc3F)n2)n1. The van der Waals surface area contributed by atoms with Crippen molar-refractivity contribution >= 4 is 5.91 Å². The standard InChI is InChI=1S/C18H17F2N5O2/c1-11-9-12(2)25(22-11)16-5-6-17(26)24(23-16)8-7-21-18(27)14-4-3-13(19)10-15(14)20/h3-6,9-10H,7-8H2,1-2H3,(H,21,27). The van der Waals surface area contributed by atoms with Gasteiger partial charge in [-0.25, -0.2) is 18.1 Å². The molecule has 0 aliphatic heterocycles. The number of nitrogens with one attached hydrogen (secondary N) is 1. The second-order valence-corrected chi connectivity index (χ2v) is 5.97. The summed E-state index contributed by atoms with van der Waals surface area (Å²) in [6.45, 7) is 3.85. The molecule has 0 radical (unpaired) electrons. The summed E-state index contributed by atoms with van der Waals surface area (Å²) in [5.74, 6) is -1.94. The first-order valence-electron chi connectivity index (χ1n) is 8.20. The molecule has 0 saturated heterocycles. The number of rotatable bonds is 5. The van der Waals surface area contributed by atoms with Crippen LogP contribution in [-0.4, -0.2) is 32.0 Å². The minimum absolute atomic E-state index is 0.0448. The van der Waals surface area contributed by atoms with E-state index in [1.807, 2.05) is 19.9 Å². The van der Waals surface area contributed by atoms with E-state index in [-0.39, 0.29) is 24.2 Å². The predicted octanol–water partition coefficient (Wildman–Crippen LogP) is 1.75. The van der Waals surface area contributed by atoms with Crippen LogP contribution in [0.3, 0.4) is 0 Å². The highest BCUT2D eigenvalue weighted by Gasteiger charge is 2.12. The Bertz CT molecular complexity index is 1060. The van der Waals surface area contributed by atoms with Crippen molar-refractivity contribution in [3.63, 3.8) is 0 Å². The number of amides is 1. The molecule has 3 aromatic rings. The fourth-order valence-electron chi connectivity index (χ4n) is 2.62. The second-order valence-electron chi connectivity index (χ2n) is 5.97. The Kier molecular flexibility index (Phi) is 5.11. The van der Waals surface area contributed by atoms with E-state index < -0.39 is 17.5 Å². The molecule has 0 saturated carbocycles. The van der Waals surface area contributed by atoms with E-state index in [9.17, 15) is 18.4 Å². The smallest absolute Gasteiger partial charge is 0.266 e. The fraction of sp³-hybridized carbons (Fsp3) is 0.222. The first-order valence-corrected chi connectivity index (χ1v) is 8.20. The van der Waals surface area contributed by atoms with Crippen molar-refractivity contribution in [3.05, 3.63) is 75.3 Å². The van der Waals surface area contributed by atoms with Crippen LogP contribution in [0.1, 0.15) is 21.7 Å². The van der Waals surface area contributed by atoms with Crippen LogP contribution in [0, 0.1) is 25.5 Å². The maximum absolute atomic E-state index is 13.6. The van der Waals surface area contributed by atoms with E-state index in [1.165, 1.54) is 10.7 Å². The zero-order valence-corrected chi connectivity index (χ0v) is 14.7. The summed E-state index contributed by atoms with van der Waals surface area (Å²) in [4.78, 5) is 24.0. The second kappa shape index (κ2) is 7.48. The number of nitrogens with zero attached hydrogens (tertiary/aromatic N) is 4. The average molecular weight is 373 g/mol. The number of halogens is 2. The molecule has 0 bridgehead atoms. The molecule has 140 valence electrons. The predicted molar refractivity (Wildman–Crippen MR) is 93.8 cm³/mol. The molecule has 9 heteroatoms. The van der Waals surface area contributed by atoms with Gasteiger partial charge in [-0.3, -0.25) is 9.59 Å². The van der Waals surface area contributed by atoms with Crippen LogP contribution in [0.5, 0.6) is 0 Å². The highest BCUT2D eigenvalue weighted by molar-refractivity contribution is 5.94.